The predicted molar refractivity (Wildman–Crippen MR) is 72.0 cm³/mol. The van der Waals surface area contributed by atoms with Crippen LogP contribution in [0.1, 0.15) is 59.3 Å². The van der Waals surface area contributed by atoms with E-state index in [1.54, 1.807) is 0 Å². The SMILES string of the molecule is CCCC(CCC)C(=O)NC1(C)CCNCC1. The largest absolute Gasteiger partial charge is 0.351 e. The Morgan fingerprint density at radius 3 is 2.24 bits per heavy atom. The number of amides is 1. The molecule has 3 nitrogen and oxygen atoms in total. The molecule has 0 unspecified atom stereocenters. The van der Waals surface area contributed by atoms with E-state index in [1.807, 2.05) is 0 Å². The fourth-order valence-corrected chi connectivity index (χ4v) is 2.61. The smallest absolute Gasteiger partial charge is 0.223 e. The van der Waals surface area contributed by atoms with Crippen molar-refractivity contribution < 1.29 is 4.79 Å². The highest BCUT2D eigenvalue weighted by Crippen LogP contribution is 2.20. The van der Waals surface area contributed by atoms with Crippen LogP contribution in [0.4, 0.5) is 0 Å². The van der Waals surface area contributed by atoms with Crippen LogP contribution in [-0.4, -0.2) is 24.5 Å². The van der Waals surface area contributed by atoms with Crippen molar-refractivity contribution in [2.45, 2.75) is 64.8 Å². The Bertz CT molecular complexity index is 228. The number of nitrogens with one attached hydrogen (secondary N) is 2. The molecule has 3 heteroatoms. The molecule has 100 valence electrons. The summed E-state index contributed by atoms with van der Waals surface area (Å²) in [5.41, 5.74) is 0.0159. The highest BCUT2D eigenvalue weighted by atomic mass is 16.2. The summed E-state index contributed by atoms with van der Waals surface area (Å²) in [7, 11) is 0. The van der Waals surface area contributed by atoms with Crippen molar-refractivity contribution in [3.8, 4) is 0 Å². The Balaban J connectivity index is 2.49. The van der Waals surface area contributed by atoms with Gasteiger partial charge in [-0.1, -0.05) is 26.7 Å². The van der Waals surface area contributed by atoms with Crippen molar-refractivity contribution in [2.24, 2.45) is 5.92 Å². The lowest BCUT2D eigenvalue weighted by Crippen LogP contribution is -2.53. The third kappa shape index (κ3) is 4.66. The van der Waals surface area contributed by atoms with Crippen molar-refractivity contribution in [2.75, 3.05) is 13.1 Å². The van der Waals surface area contributed by atoms with Gasteiger partial charge in [-0.25, -0.2) is 0 Å². The highest BCUT2D eigenvalue weighted by Gasteiger charge is 2.30. The van der Waals surface area contributed by atoms with Crippen LogP contribution in [0, 0.1) is 5.92 Å². The quantitative estimate of drug-likeness (QED) is 0.749. The van der Waals surface area contributed by atoms with Gasteiger partial charge in [0.15, 0.2) is 0 Å². The van der Waals surface area contributed by atoms with E-state index in [9.17, 15) is 4.79 Å². The first-order chi connectivity index (χ1) is 8.11. The van der Waals surface area contributed by atoms with E-state index in [0.717, 1.165) is 51.6 Å². The van der Waals surface area contributed by atoms with Crippen LogP contribution in [0.25, 0.3) is 0 Å². The number of carbonyl (C=O) groups excluding carboxylic acids is 1. The van der Waals surface area contributed by atoms with Gasteiger partial charge in [-0.05, 0) is 45.7 Å². The maximum atomic E-state index is 12.3. The van der Waals surface area contributed by atoms with Gasteiger partial charge in [0.25, 0.3) is 0 Å². The van der Waals surface area contributed by atoms with Crippen molar-refractivity contribution in [3.63, 3.8) is 0 Å². The molecule has 0 bridgehead atoms. The van der Waals surface area contributed by atoms with E-state index in [4.69, 9.17) is 0 Å². The minimum atomic E-state index is 0.0159. The van der Waals surface area contributed by atoms with E-state index in [0.29, 0.717) is 0 Å². The van der Waals surface area contributed by atoms with Gasteiger partial charge >= 0.3 is 0 Å². The monoisotopic (exact) mass is 240 g/mol. The molecule has 1 aliphatic heterocycles. The zero-order valence-electron chi connectivity index (χ0n) is 11.6. The van der Waals surface area contributed by atoms with Gasteiger partial charge in [-0.15, -0.1) is 0 Å². The second kappa shape index (κ2) is 7.00. The standard InChI is InChI=1S/C14H28N2O/c1-4-6-12(7-5-2)13(17)16-14(3)8-10-15-11-9-14/h12,15H,4-11H2,1-3H3,(H,16,17). The zero-order valence-corrected chi connectivity index (χ0v) is 11.6. The molecule has 0 radical (unpaired) electrons. The molecule has 0 aromatic carbocycles. The lowest BCUT2D eigenvalue weighted by Gasteiger charge is -2.36. The minimum Gasteiger partial charge on any atom is -0.351 e. The fourth-order valence-electron chi connectivity index (χ4n) is 2.61. The lowest BCUT2D eigenvalue weighted by atomic mass is 9.88. The average molecular weight is 240 g/mol. The van der Waals surface area contributed by atoms with Gasteiger partial charge in [0, 0.05) is 11.5 Å². The molecule has 1 saturated heterocycles. The van der Waals surface area contributed by atoms with Crippen LogP contribution in [0.5, 0.6) is 0 Å². The summed E-state index contributed by atoms with van der Waals surface area (Å²) in [5, 5.41) is 6.63. The summed E-state index contributed by atoms with van der Waals surface area (Å²) in [6.45, 7) is 8.52. The molecule has 0 aliphatic carbocycles. The topological polar surface area (TPSA) is 41.1 Å². The van der Waals surface area contributed by atoms with Crippen molar-refractivity contribution in [1.82, 2.24) is 10.6 Å². The summed E-state index contributed by atoms with van der Waals surface area (Å²) in [5.74, 6) is 0.495. The predicted octanol–water partition coefficient (Wildman–Crippen LogP) is 2.46. The van der Waals surface area contributed by atoms with Crippen molar-refractivity contribution >= 4 is 5.91 Å². The van der Waals surface area contributed by atoms with Gasteiger partial charge in [0.2, 0.25) is 5.91 Å². The molecule has 0 spiro atoms. The van der Waals surface area contributed by atoms with Gasteiger partial charge in [0.1, 0.15) is 0 Å². The summed E-state index contributed by atoms with van der Waals surface area (Å²) in [6, 6.07) is 0. The molecule has 1 aliphatic rings. The van der Waals surface area contributed by atoms with Crippen molar-refractivity contribution in [1.29, 1.82) is 0 Å². The Morgan fingerprint density at radius 1 is 1.24 bits per heavy atom. The summed E-state index contributed by atoms with van der Waals surface area (Å²) in [4.78, 5) is 12.3. The van der Waals surface area contributed by atoms with Crippen molar-refractivity contribution in [3.05, 3.63) is 0 Å². The van der Waals surface area contributed by atoms with Crippen LogP contribution in [-0.2, 0) is 4.79 Å². The third-order valence-electron chi connectivity index (χ3n) is 3.78. The van der Waals surface area contributed by atoms with E-state index < -0.39 is 0 Å². The van der Waals surface area contributed by atoms with Gasteiger partial charge in [-0.3, -0.25) is 4.79 Å². The Morgan fingerprint density at radius 2 is 1.76 bits per heavy atom. The van der Waals surface area contributed by atoms with E-state index in [2.05, 4.69) is 31.4 Å². The molecule has 1 rings (SSSR count). The Kier molecular flexibility index (Phi) is 5.96. The number of piperidine rings is 1. The van der Waals surface area contributed by atoms with Crippen LogP contribution < -0.4 is 10.6 Å². The van der Waals surface area contributed by atoms with E-state index in [-0.39, 0.29) is 17.4 Å². The fraction of sp³-hybridized carbons (Fsp3) is 0.929. The minimum absolute atomic E-state index is 0.0159. The van der Waals surface area contributed by atoms with Gasteiger partial charge in [0.05, 0.1) is 0 Å². The molecule has 2 N–H and O–H groups in total. The first-order valence-electron chi connectivity index (χ1n) is 7.14. The molecule has 0 atom stereocenters. The van der Waals surface area contributed by atoms with Gasteiger partial charge in [-0.2, -0.15) is 0 Å². The molecule has 1 fully saturated rings. The average Bonchev–Trinajstić information content (AvgIpc) is 2.29. The maximum Gasteiger partial charge on any atom is 0.223 e. The normalized spacial score (nSPS) is 19.3. The van der Waals surface area contributed by atoms with E-state index >= 15 is 0 Å². The number of hydrogen-bond acceptors (Lipinski definition) is 2. The summed E-state index contributed by atoms with van der Waals surface area (Å²) in [6.07, 6.45) is 6.32. The molecule has 0 aromatic heterocycles. The van der Waals surface area contributed by atoms with Crippen LogP contribution in [0.2, 0.25) is 0 Å². The molecular formula is C14H28N2O. The number of rotatable bonds is 6. The second-order valence-electron chi connectivity index (χ2n) is 5.57. The summed E-state index contributed by atoms with van der Waals surface area (Å²) < 4.78 is 0. The molecular weight excluding hydrogens is 212 g/mol. The molecule has 0 saturated carbocycles. The molecule has 17 heavy (non-hydrogen) atoms. The first kappa shape index (κ1) is 14.5. The van der Waals surface area contributed by atoms with Crippen LogP contribution in [0.15, 0.2) is 0 Å². The number of hydrogen-bond donors (Lipinski definition) is 2. The van der Waals surface area contributed by atoms with E-state index in [1.165, 1.54) is 0 Å². The molecule has 1 amide bonds. The lowest BCUT2D eigenvalue weighted by molar-refractivity contribution is -0.127. The molecule has 1 heterocycles. The Hall–Kier alpha value is -0.570. The Labute approximate surface area is 106 Å². The second-order valence-corrected chi connectivity index (χ2v) is 5.57. The highest BCUT2D eigenvalue weighted by molar-refractivity contribution is 5.79. The summed E-state index contributed by atoms with van der Waals surface area (Å²) >= 11 is 0. The van der Waals surface area contributed by atoms with Gasteiger partial charge < -0.3 is 10.6 Å². The molecule has 0 aromatic rings. The number of carbonyl (C=O) groups is 1. The zero-order chi connectivity index (χ0) is 12.7. The third-order valence-corrected chi connectivity index (χ3v) is 3.78. The first-order valence-corrected chi connectivity index (χ1v) is 7.14. The maximum absolute atomic E-state index is 12.3. The van der Waals surface area contributed by atoms with Crippen LogP contribution >= 0.6 is 0 Å². The van der Waals surface area contributed by atoms with Crippen LogP contribution in [0.3, 0.4) is 0 Å².